The van der Waals surface area contributed by atoms with Crippen molar-refractivity contribution in [1.29, 1.82) is 0 Å². The quantitative estimate of drug-likeness (QED) is 0.760. The first-order valence-corrected chi connectivity index (χ1v) is 9.86. The summed E-state index contributed by atoms with van der Waals surface area (Å²) in [6.45, 7) is 2.76. The average molecular weight is 369 g/mol. The molecule has 1 aromatic heterocycles. The molecule has 2 aliphatic rings. The van der Waals surface area contributed by atoms with Crippen molar-refractivity contribution in [2.45, 2.75) is 18.4 Å². The van der Waals surface area contributed by atoms with Crippen LogP contribution >= 0.6 is 0 Å². The molecule has 1 N–H and O–H groups in total. The van der Waals surface area contributed by atoms with Crippen LogP contribution in [-0.2, 0) is 16.8 Å². The first-order valence-electron chi connectivity index (χ1n) is 9.86. The molecule has 2 aromatic carbocycles. The number of carbonyl (C=O) groups excluding carboxylic acids is 1. The summed E-state index contributed by atoms with van der Waals surface area (Å²) in [4.78, 5) is 20.1. The molecule has 28 heavy (non-hydrogen) atoms. The predicted molar refractivity (Wildman–Crippen MR) is 110 cm³/mol. The highest BCUT2D eigenvalue weighted by Gasteiger charge is 2.54. The number of fused-ring (bicyclic) bond motifs is 1. The van der Waals surface area contributed by atoms with Gasteiger partial charge in [0.05, 0.1) is 0 Å². The molecule has 1 saturated heterocycles. The third kappa shape index (κ3) is 2.64. The lowest BCUT2D eigenvalue weighted by atomic mass is 9.66. The summed E-state index contributed by atoms with van der Waals surface area (Å²) >= 11 is 0. The minimum absolute atomic E-state index is 0.105. The Labute approximate surface area is 165 Å². The number of nitrogens with zero attached hydrogens (tertiary/aromatic N) is 2. The van der Waals surface area contributed by atoms with Crippen LogP contribution in [0.3, 0.4) is 0 Å². The van der Waals surface area contributed by atoms with Gasteiger partial charge >= 0.3 is 0 Å². The van der Waals surface area contributed by atoms with E-state index in [1.165, 1.54) is 5.56 Å². The van der Waals surface area contributed by atoms with Crippen molar-refractivity contribution in [3.63, 3.8) is 0 Å². The van der Waals surface area contributed by atoms with Gasteiger partial charge in [-0.15, -0.1) is 0 Å². The van der Waals surface area contributed by atoms with Gasteiger partial charge in [-0.1, -0.05) is 54.6 Å². The Bertz CT molecular complexity index is 989. The number of pyridine rings is 1. The number of benzene rings is 2. The zero-order valence-corrected chi connectivity index (χ0v) is 15.7. The fourth-order valence-electron chi connectivity index (χ4n) is 4.99. The molecule has 2 aliphatic heterocycles. The highest BCUT2D eigenvalue weighted by molar-refractivity contribution is 6.09. The van der Waals surface area contributed by atoms with Crippen LogP contribution in [0.5, 0.6) is 0 Å². The Morgan fingerprint density at radius 3 is 2.68 bits per heavy atom. The number of carbonyl (C=O) groups is 1. The first-order chi connectivity index (χ1) is 13.8. The third-order valence-electron chi connectivity index (χ3n) is 6.20. The summed E-state index contributed by atoms with van der Waals surface area (Å²) in [7, 11) is 0. The van der Waals surface area contributed by atoms with E-state index in [9.17, 15) is 4.79 Å². The van der Waals surface area contributed by atoms with Gasteiger partial charge < -0.3 is 5.32 Å². The van der Waals surface area contributed by atoms with Gasteiger partial charge in [-0.2, -0.15) is 0 Å². The molecular formula is C24H23N3O. The topological polar surface area (TPSA) is 45.2 Å². The fourth-order valence-corrected chi connectivity index (χ4v) is 4.99. The molecule has 1 amide bonds. The van der Waals surface area contributed by atoms with Crippen molar-refractivity contribution in [1.82, 2.24) is 9.88 Å². The summed E-state index contributed by atoms with van der Waals surface area (Å²) in [5, 5.41) is 3.16. The van der Waals surface area contributed by atoms with Crippen LogP contribution in [0.2, 0.25) is 0 Å². The van der Waals surface area contributed by atoms with Crippen molar-refractivity contribution < 1.29 is 4.79 Å². The predicted octanol–water partition coefficient (Wildman–Crippen LogP) is 3.84. The van der Waals surface area contributed by atoms with Crippen molar-refractivity contribution in [3.05, 3.63) is 95.8 Å². The molecule has 0 saturated carbocycles. The minimum atomic E-state index is -0.623. The maximum absolute atomic E-state index is 13.5. The van der Waals surface area contributed by atoms with Gasteiger partial charge in [-0.3, -0.25) is 14.7 Å². The monoisotopic (exact) mass is 369 g/mol. The molecule has 3 aromatic rings. The highest BCUT2D eigenvalue weighted by atomic mass is 16.2. The van der Waals surface area contributed by atoms with E-state index in [2.05, 4.69) is 39.5 Å². The largest absolute Gasteiger partial charge is 0.325 e. The molecule has 4 heteroatoms. The highest BCUT2D eigenvalue weighted by Crippen LogP contribution is 2.50. The lowest BCUT2D eigenvalue weighted by Crippen LogP contribution is -2.44. The zero-order valence-electron chi connectivity index (χ0n) is 15.7. The van der Waals surface area contributed by atoms with E-state index in [-0.39, 0.29) is 11.8 Å². The Morgan fingerprint density at radius 1 is 1.04 bits per heavy atom. The van der Waals surface area contributed by atoms with Crippen molar-refractivity contribution in [3.8, 4) is 0 Å². The maximum atomic E-state index is 13.5. The second kappa shape index (κ2) is 6.88. The zero-order chi connectivity index (χ0) is 19.0. The number of amides is 1. The van der Waals surface area contributed by atoms with Crippen LogP contribution in [0.1, 0.15) is 23.1 Å². The summed E-state index contributed by atoms with van der Waals surface area (Å²) < 4.78 is 0. The molecule has 3 heterocycles. The standard InChI is InChI=1S/C24H23N3O/c28-23-24(19-8-2-1-3-9-19,21-10-4-5-11-22(21)26-23)20-12-14-27(17-20)16-18-7-6-13-25-15-18/h1-11,13,15,20H,12,14,16-17H2,(H,26,28)/t20-,24?/m1/s1. The second-order valence-corrected chi connectivity index (χ2v) is 7.76. The molecule has 140 valence electrons. The lowest BCUT2D eigenvalue weighted by molar-refractivity contribution is -0.121. The summed E-state index contributed by atoms with van der Waals surface area (Å²) in [5.41, 5.74) is 3.74. The van der Waals surface area contributed by atoms with Crippen LogP contribution in [-0.4, -0.2) is 28.9 Å². The van der Waals surface area contributed by atoms with Gasteiger partial charge in [-0.05, 0) is 47.7 Å². The molecule has 1 unspecified atom stereocenters. The molecule has 2 atom stereocenters. The minimum Gasteiger partial charge on any atom is -0.325 e. The molecule has 0 spiro atoms. The number of hydrogen-bond donors (Lipinski definition) is 1. The SMILES string of the molecule is O=C1Nc2ccccc2C1(c1ccccc1)[C@@H]1CCN(Cc2cccnc2)C1. The Morgan fingerprint density at radius 2 is 1.86 bits per heavy atom. The van der Waals surface area contributed by atoms with Crippen LogP contribution in [0, 0.1) is 5.92 Å². The first kappa shape index (κ1) is 17.1. The molecule has 0 radical (unpaired) electrons. The Balaban J connectivity index is 1.53. The molecule has 0 bridgehead atoms. The van der Waals surface area contributed by atoms with Gasteiger partial charge in [0, 0.05) is 31.2 Å². The van der Waals surface area contributed by atoms with Crippen molar-refractivity contribution in [2.75, 3.05) is 18.4 Å². The molecule has 5 rings (SSSR count). The summed E-state index contributed by atoms with van der Waals surface area (Å²) in [6, 6.07) is 22.5. The van der Waals surface area contributed by atoms with Crippen molar-refractivity contribution in [2.24, 2.45) is 5.92 Å². The van der Waals surface area contributed by atoms with Gasteiger partial charge in [0.1, 0.15) is 5.41 Å². The van der Waals surface area contributed by atoms with Crippen LogP contribution in [0.4, 0.5) is 5.69 Å². The van der Waals surface area contributed by atoms with E-state index in [1.54, 1.807) is 6.20 Å². The normalized spacial score (nSPS) is 24.1. The van der Waals surface area contributed by atoms with Gasteiger partial charge in [0.15, 0.2) is 0 Å². The van der Waals surface area contributed by atoms with Gasteiger partial charge in [-0.25, -0.2) is 0 Å². The van der Waals surface area contributed by atoms with Crippen LogP contribution in [0.25, 0.3) is 0 Å². The number of rotatable bonds is 4. The third-order valence-corrected chi connectivity index (χ3v) is 6.20. The number of aromatic nitrogens is 1. The van der Waals surface area contributed by atoms with E-state index in [1.807, 2.05) is 48.7 Å². The molecule has 0 aliphatic carbocycles. The number of nitrogens with one attached hydrogen (secondary N) is 1. The van der Waals surface area contributed by atoms with E-state index < -0.39 is 5.41 Å². The number of hydrogen-bond acceptors (Lipinski definition) is 3. The summed E-state index contributed by atoms with van der Waals surface area (Å²) in [6.07, 6.45) is 4.73. The van der Waals surface area contributed by atoms with E-state index >= 15 is 0 Å². The van der Waals surface area contributed by atoms with Crippen LogP contribution in [0.15, 0.2) is 79.1 Å². The molecule has 1 fully saturated rings. The molecular weight excluding hydrogens is 346 g/mol. The smallest absolute Gasteiger partial charge is 0.239 e. The van der Waals surface area contributed by atoms with Crippen molar-refractivity contribution >= 4 is 11.6 Å². The lowest BCUT2D eigenvalue weighted by Gasteiger charge is -2.34. The average Bonchev–Trinajstić information content (AvgIpc) is 3.31. The van der Waals surface area contributed by atoms with Gasteiger partial charge in [0.25, 0.3) is 0 Å². The Kier molecular flexibility index (Phi) is 4.21. The second-order valence-electron chi connectivity index (χ2n) is 7.76. The maximum Gasteiger partial charge on any atom is 0.239 e. The number of likely N-dealkylation sites (tertiary alicyclic amines) is 1. The summed E-state index contributed by atoms with van der Waals surface area (Å²) in [5.74, 6) is 0.336. The van der Waals surface area contributed by atoms with Gasteiger partial charge in [0.2, 0.25) is 5.91 Å². The molecule has 4 nitrogen and oxygen atoms in total. The van der Waals surface area contributed by atoms with E-state index in [0.717, 1.165) is 42.9 Å². The van der Waals surface area contributed by atoms with E-state index in [4.69, 9.17) is 0 Å². The van der Waals surface area contributed by atoms with Crippen LogP contribution < -0.4 is 5.32 Å². The number of para-hydroxylation sites is 1. The van der Waals surface area contributed by atoms with E-state index in [0.29, 0.717) is 0 Å². The Hall–Kier alpha value is -2.98. The number of anilines is 1. The fraction of sp³-hybridized carbons (Fsp3) is 0.250.